The Morgan fingerprint density at radius 2 is 2.27 bits per heavy atom. The molecule has 0 aromatic carbocycles. The van der Waals surface area contributed by atoms with Crippen molar-refractivity contribution >= 4 is 18.2 Å². The molecule has 2 rings (SSSR count). The molecule has 1 aliphatic heterocycles. The van der Waals surface area contributed by atoms with Gasteiger partial charge in [0.2, 0.25) is 0 Å². The third-order valence-corrected chi connectivity index (χ3v) is 2.76. The van der Waals surface area contributed by atoms with Crippen LogP contribution in [-0.4, -0.2) is 29.5 Å². The van der Waals surface area contributed by atoms with Gasteiger partial charge >= 0.3 is 6.01 Å². The van der Waals surface area contributed by atoms with Crippen LogP contribution in [0.3, 0.4) is 0 Å². The summed E-state index contributed by atoms with van der Waals surface area (Å²) in [7, 11) is 0. The Bertz CT molecular complexity index is 331. The molecule has 0 saturated carbocycles. The number of hydrogen-bond acceptors (Lipinski definition) is 6. The fourth-order valence-electron chi connectivity index (χ4n) is 1.86. The zero-order valence-electron chi connectivity index (χ0n) is 8.43. The summed E-state index contributed by atoms with van der Waals surface area (Å²) in [5.74, 6) is 1.06. The maximum absolute atomic E-state index is 10.4. The first-order valence-corrected chi connectivity index (χ1v) is 5.07. The van der Waals surface area contributed by atoms with Crippen LogP contribution < -0.4 is 10.6 Å². The van der Waals surface area contributed by atoms with Crippen LogP contribution in [0.1, 0.15) is 19.3 Å². The Morgan fingerprint density at radius 1 is 1.53 bits per heavy atom. The van der Waals surface area contributed by atoms with Crippen LogP contribution >= 0.6 is 0 Å². The standard InChI is InChI=1S/C9H14N4O2/c10-8-11-9(12-15-8)13-4-1-7(2-5-13)3-6-14/h6-7H,1-5H2,(H2,10,11,12). The lowest BCUT2D eigenvalue weighted by atomic mass is 9.94. The molecule has 0 unspecified atom stereocenters. The van der Waals surface area contributed by atoms with Crippen molar-refractivity contribution in [1.82, 2.24) is 10.1 Å². The first-order valence-electron chi connectivity index (χ1n) is 5.07. The number of aromatic nitrogens is 2. The number of carbonyl (C=O) groups excluding carboxylic acids is 1. The number of nitrogens with zero attached hydrogens (tertiary/aromatic N) is 3. The number of nitrogen functional groups attached to an aromatic ring is 1. The summed E-state index contributed by atoms with van der Waals surface area (Å²) in [6.07, 6.45) is 3.63. The molecule has 0 aliphatic carbocycles. The summed E-state index contributed by atoms with van der Waals surface area (Å²) in [5, 5.41) is 3.76. The highest BCUT2D eigenvalue weighted by Crippen LogP contribution is 2.22. The number of nitrogens with two attached hydrogens (primary N) is 1. The highest BCUT2D eigenvalue weighted by atomic mass is 16.5. The van der Waals surface area contributed by atoms with Crippen molar-refractivity contribution in [2.45, 2.75) is 19.3 Å². The number of hydrogen-bond donors (Lipinski definition) is 1. The molecule has 0 spiro atoms. The van der Waals surface area contributed by atoms with Crippen molar-refractivity contribution in [1.29, 1.82) is 0 Å². The van der Waals surface area contributed by atoms with E-state index in [1.165, 1.54) is 0 Å². The number of aldehydes is 1. The predicted molar refractivity (Wildman–Crippen MR) is 54.3 cm³/mol. The van der Waals surface area contributed by atoms with Gasteiger partial charge in [0.1, 0.15) is 6.29 Å². The van der Waals surface area contributed by atoms with Crippen molar-refractivity contribution in [2.75, 3.05) is 23.7 Å². The zero-order chi connectivity index (χ0) is 10.7. The quantitative estimate of drug-likeness (QED) is 0.729. The molecule has 1 aliphatic rings. The van der Waals surface area contributed by atoms with Crippen LogP contribution in [-0.2, 0) is 4.79 Å². The van der Waals surface area contributed by atoms with E-state index in [1.807, 2.05) is 4.90 Å². The summed E-state index contributed by atoms with van der Waals surface area (Å²) in [5.41, 5.74) is 5.35. The third-order valence-electron chi connectivity index (χ3n) is 2.76. The maximum Gasteiger partial charge on any atom is 0.320 e. The van der Waals surface area contributed by atoms with Crippen molar-refractivity contribution in [3.05, 3.63) is 0 Å². The lowest BCUT2D eigenvalue weighted by Gasteiger charge is -2.29. The molecule has 15 heavy (non-hydrogen) atoms. The molecular weight excluding hydrogens is 196 g/mol. The van der Waals surface area contributed by atoms with Crippen LogP contribution in [0.25, 0.3) is 0 Å². The summed E-state index contributed by atoms with van der Waals surface area (Å²) < 4.78 is 4.71. The molecule has 2 N–H and O–H groups in total. The molecule has 2 heterocycles. The largest absolute Gasteiger partial charge is 0.351 e. The Balaban J connectivity index is 1.90. The molecule has 6 nitrogen and oxygen atoms in total. The second-order valence-electron chi connectivity index (χ2n) is 3.77. The summed E-state index contributed by atoms with van der Waals surface area (Å²) >= 11 is 0. The fraction of sp³-hybridized carbons (Fsp3) is 0.667. The summed E-state index contributed by atoms with van der Waals surface area (Å²) in [6.45, 7) is 1.72. The van der Waals surface area contributed by atoms with Gasteiger partial charge in [0.05, 0.1) is 0 Å². The minimum Gasteiger partial charge on any atom is -0.351 e. The molecule has 1 aromatic heterocycles. The zero-order valence-corrected chi connectivity index (χ0v) is 8.43. The van der Waals surface area contributed by atoms with Gasteiger partial charge in [0, 0.05) is 19.5 Å². The Labute approximate surface area is 87.4 Å². The molecule has 0 radical (unpaired) electrons. The van der Waals surface area contributed by atoms with Gasteiger partial charge in [-0.2, -0.15) is 4.98 Å². The molecule has 0 atom stereocenters. The van der Waals surface area contributed by atoms with Crippen LogP contribution in [0, 0.1) is 5.92 Å². The van der Waals surface area contributed by atoms with Gasteiger partial charge < -0.3 is 20.0 Å². The second kappa shape index (κ2) is 4.29. The first-order chi connectivity index (χ1) is 7.29. The minimum absolute atomic E-state index is 0.0972. The van der Waals surface area contributed by atoms with Crippen molar-refractivity contribution in [3.63, 3.8) is 0 Å². The number of anilines is 2. The van der Waals surface area contributed by atoms with Crippen LogP contribution in [0.5, 0.6) is 0 Å². The molecule has 6 heteroatoms. The van der Waals surface area contributed by atoms with Gasteiger partial charge in [0.25, 0.3) is 5.95 Å². The normalized spacial score (nSPS) is 18.0. The van der Waals surface area contributed by atoms with Crippen LogP contribution in [0.4, 0.5) is 12.0 Å². The number of rotatable bonds is 3. The Morgan fingerprint density at radius 3 is 2.80 bits per heavy atom. The van der Waals surface area contributed by atoms with Gasteiger partial charge in [0.15, 0.2) is 0 Å². The van der Waals surface area contributed by atoms with E-state index in [4.69, 9.17) is 10.3 Å². The van der Waals surface area contributed by atoms with E-state index in [0.29, 0.717) is 18.3 Å². The first kappa shape index (κ1) is 9.95. The number of carbonyl (C=O) groups is 1. The van der Waals surface area contributed by atoms with Crippen molar-refractivity contribution in [3.8, 4) is 0 Å². The molecule has 0 bridgehead atoms. The lowest BCUT2D eigenvalue weighted by molar-refractivity contribution is -0.108. The fourth-order valence-corrected chi connectivity index (χ4v) is 1.86. The molecule has 1 aromatic rings. The summed E-state index contributed by atoms with van der Waals surface area (Å²) in [6, 6.07) is 0.0972. The van der Waals surface area contributed by atoms with E-state index in [1.54, 1.807) is 0 Å². The van der Waals surface area contributed by atoms with Gasteiger partial charge in [-0.3, -0.25) is 0 Å². The van der Waals surface area contributed by atoms with E-state index in [9.17, 15) is 4.79 Å². The van der Waals surface area contributed by atoms with E-state index >= 15 is 0 Å². The highest BCUT2D eigenvalue weighted by Gasteiger charge is 2.21. The Hall–Kier alpha value is -1.59. The molecule has 82 valence electrons. The van der Waals surface area contributed by atoms with Crippen molar-refractivity contribution < 1.29 is 9.32 Å². The molecular formula is C9H14N4O2. The molecule has 1 fully saturated rings. The highest BCUT2D eigenvalue weighted by molar-refractivity contribution is 5.49. The minimum atomic E-state index is 0.0972. The topological polar surface area (TPSA) is 85.2 Å². The number of piperidine rings is 1. The van der Waals surface area contributed by atoms with Gasteiger partial charge in [-0.05, 0) is 23.9 Å². The average Bonchev–Trinajstić information content (AvgIpc) is 2.67. The molecule has 1 saturated heterocycles. The van der Waals surface area contributed by atoms with E-state index in [-0.39, 0.29) is 6.01 Å². The predicted octanol–water partition coefficient (Wildman–Crippen LogP) is 0.457. The summed E-state index contributed by atoms with van der Waals surface area (Å²) in [4.78, 5) is 16.3. The monoisotopic (exact) mass is 210 g/mol. The molecule has 0 amide bonds. The SMILES string of the molecule is Nc1nc(N2CCC(CC=O)CC2)no1. The van der Waals surface area contributed by atoms with E-state index in [0.717, 1.165) is 32.2 Å². The van der Waals surface area contributed by atoms with Crippen molar-refractivity contribution in [2.24, 2.45) is 5.92 Å². The van der Waals surface area contributed by atoms with E-state index < -0.39 is 0 Å². The van der Waals surface area contributed by atoms with Crippen LogP contribution in [0.2, 0.25) is 0 Å². The van der Waals surface area contributed by atoms with Gasteiger partial charge in [-0.1, -0.05) is 0 Å². The average molecular weight is 210 g/mol. The second-order valence-corrected chi connectivity index (χ2v) is 3.77. The van der Waals surface area contributed by atoms with Crippen LogP contribution in [0.15, 0.2) is 4.52 Å². The lowest BCUT2D eigenvalue weighted by Crippen LogP contribution is -2.34. The third kappa shape index (κ3) is 2.26. The smallest absolute Gasteiger partial charge is 0.320 e. The van der Waals surface area contributed by atoms with Gasteiger partial charge in [-0.15, -0.1) is 0 Å². The van der Waals surface area contributed by atoms with Gasteiger partial charge in [-0.25, -0.2) is 0 Å². The Kier molecular flexibility index (Phi) is 2.84. The maximum atomic E-state index is 10.4. The van der Waals surface area contributed by atoms with E-state index in [2.05, 4.69) is 10.1 Å².